The minimum absolute atomic E-state index is 0.0177. The van der Waals surface area contributed by atoms with E-state index < -0.39 is 23.3 Å². The second-order valence-electron chi connectivity index (χ2n) is 11.3. The maximum Gasteiger partial charge on any atom is 0.417 e. The number of carbonyl (C=O) groups is 2. The molecule has 0 bridgehead atoms. The van der Waals surface area contributed by atoms with E-state index in [-0.39, 0.29) is 35.9 Å². The van der Waals surface area contributed by atoms with Crippen LogP contribution in [0.2, 0.25) is 0 Å². The van der Waals surface area contributed by atoms with Gasteiger partial charge in [-0.05, 0) is 52.1 Å². The van der Waals surface area contributed by atoms with E-state index in [4.69, 9.17) is 4.74 Å². The number of carbonyl (C=O) groups excluding carboxylic acids is 2. The fourth-order valence-electron chi connectivity index (χ4n) is 5.24. The molecular formula is C31H38F3N7O3. The molecule has 2 amide bonds. The van der Waals surface area contributed by atoms with Crippen LogP contribution in [0.1, 0.15) is 29.7 Å². The average Bonchev–Trinajstić information content (AvgIpc) is 2.94. The van der Waals surface area contributed by atoms with E-state index in [9.17, 15) is 28.0 Å². The highest BCUT2D eigenvalue weighted by molar-refractivity contribution is 6.01. The lowest BCUT2D eigenvalue weighted by Crippen LogP contribution is -2.54. The summed E-state index contributed by atoms with van der Waals surface area (Å²) < 4.78 is 47.0. The van der Waals surface area contributed by atoms with Crippen molar-refractivity contribution >= 4 is 29.0 Å². The number of anilines is 3. The Balaban J connectivity index is 1.40. The summed E-state index contributed by atoms with van der Waals surface area (Å²) in [4.78, 5) is 37.2. The number of likely N-dealkylation sites (tertiary alicyclic amines) is 1. The number of nitriles is 1. The van der Waals surface area contributed by atoms with E-state index in [0.29, 0.717) is 51.4 Å². The second-order valence-corrected chi connectivity index (χ2v) is 11.3. The van der Waals surface area contributed by atoms with Gasteiger partial charge in [-0.2, -0.15) is 18.4 Å². The molecule has 236 valence electrons. The molecule has 0 radical (unpaired) electrons. The van der Waals surface area contributed by atoms with Crippen molar-refractivity contribution in [2.75, 3.05) is 75.6 Å². The zero-order valence-electron chi connectivity index (χ0n) is 25.4. The first-order valence-corrected chi connectivity index (χ1v) is 14.5. The Kier molecular flexibility index (Phi) is 10.5. The Morgan fingerprint density at radius 1 is 1.25 bits per heavy atom. The van der Waals surface area contributed by atoms with Crippen LogP contribution in [0.5, 0.6) is 0 Å². The highest BCUT2D eigenvalue weighted by atomic mass is 19.4. The second kappa shape index (κ2) is 14.1. The quantitative estimate of drug-likeness (QED) is 0.320. The number of hydrogen-bond acceptors (Lipinski definition) is 8. The van der Waals surface area contributed by atoms with Crippen molar-refractivity contribution in [2.45, 2.75) is 38.1 Å². The molecule has 1 aromatic heterocycles. The van der Waals surface area contributed by atoms with Gasteiger partial charge in [-0.25, -0.2) is 4.98 Å². The molecule has 2 aliphatic heterocycles. The van der Waals surface area contributed by atoms with Gasteiger partial charge in [-0.1, -0.05) is 18.2 Å². The number of alkyl halides is 3. The van der Waals surface area contributed by atoms with Crippen LogP contribution in [0, 0.1) is 18.3 Å². The van der Waals surface area contributed by atoms with Crippen LogP contribution in [-0.4, -0.2) is 99.2 Å². The van der Waals surface area contributed by atoms with Crippen LogP contribution in [0.15, 0.2) is 42.5 Å². The molecule has 0 spiro atoms. The summed E-state index contributed by atoms with van der Waals surface area (Å²) in [6, 6.07) is 8.99. The lowest BCUT2D eigenvalue weighted by Gasteiger charge is -2.38. The van der Waals surface area contributed by atoms with Crippen molar-refractivity contribution in [3.8, 4) is 6.07 Å². The highest BCUT2D eigenvalue weighted by Crippen LogP contribution is 2.36. The Morgan fingerprint density at radius 3 is 2.61 bits per heavy atom. The molecular weight excluding hydrogens is 575 g/mol. The van der Waals surface area contributed by atoms with Gasteiger partial charge in [0.2, 0.25) is 11.8 Å². The number of likely N-dealkylation sites (N-methyl/N-ethyl adjacent to an activating group) is 2. The van der Waals surface area contributed by atoms with Crippen molar-refractivity contribution < 1.29 is 27.5 Å². The smallest absolute Gasteiger partial charge is 0.374 e. The minimum atomic E-state index is -4.75. The lowest BCUT2D eigenvalue weighted by molar-refractivity contribution is -0.139. The molecule has 0 saturated carbocycles. The molecule has 1 unspecified atom stereocenters. The summed E-state index contributed by atoms with van der Waals surface area (Å²) in [6.07, 6.45) is -0.389. The van der Waals surface area contributed by atoms with Gasteiger partial charge in [0.1, 0.15) is 23.5 Å². The van der Waals surface area contributed by atoms with E-state index >= 15 is 0 Å². The Hall–Kier alpha value is -4.15. The van der Waals surface area contributed by atoms with Crippen molar-refractivity contribution in [3.05, 3.63) is 59.3 Å². The maximum atomic E-state index is 13.7. The van der Waals surface area contributed by atoms with Crippen molar-refractivity contribution in [1.29, 1.82) is 5.26 Å². The number of halogens is 3. The average molecular weight is 614 g/mol. The number of amides is 2. The predicted octanol–water partition coefficient (Wildman–Crippen LogP) is 3.67. The van der Waals surface area contributed by atoms with Crippen LogP contribution in [0.4, 0.5) is 30.4 Å². The van der Waals surface area contributed by atoms with Crippen LogP contribution < -0.4 is 15.1 Å². The van der Waals surface area contributed by atoms with E-state index in [0.717, 1.165) is 11.8 Å². The third-order valence-corrected chi connectivity index (χ3v) is 7.59. The summed E-state index contributed by atoms with van der Waals surface area (Å²) >= 11 is 0. The highest BCUT2D eigenvalue weighted by Gasteiger charge is 2.37. The van der Waals surface area contributed by atoms with E-state index in [1.807, 2.05) is 49.3 Å². The van der Waals surface area contributed by atoms with Crippen LogP contribution in [0.25, 0.3) is 0 Å². The molecule has 2 aromatic rings. The number of aryl methyl sites for hydroxylation is 1. The number of nitrogens with one attached hydrogen (secondary N) is 1. The normalized spacial score (nSPS) is 17.8. The minimum Gasteiger partial charge on any atom is -0.374 e. The number of benzene rings is 1. The summed E-state index contributed by atoms with van der Waals surface area (Å²) in [6.45, 7) is 4.73. The number of para-hydroxylation sites is 2. The molecule has 3 heterocycles. The summed E-state index contributed by atoms with van der Waals surface area (Å²) in [5.41, 5.74) is -0.132. The fourth-order valence-corrected chi connectivity index (χ4v) is 5.24. The molecule has 4 rings (SSSR count). The van der Waals surface area contributed by atoms with Gasteiger partial charge in [-0.3, -0.25) is 9.59 Å². The third kappa shape index (κ3) is 7.86. The monoisotopic (exact) mass is 613 g/mol. The molecule has 1 fully saturated rings. The number of rotatable bonds is 10. The van der Waals surface area contributed by atoms with Crippen molar-refractivity contribution in [1.82, 2.24) is 14.8 Å². The SMILES string of the molecule is Cc1cc(C(F)(F)F)c(C#N)c(NC2CCN(CCCOC3CN(C(=O)C=CCN(C)C)C3)c3ccccc3N(C)C2=O)n1. The van der Waals surface area contributed by atoms with Gasteiger partial charge in [0, 0.05) is 58.1 Å². The molecule has 1 N–H and O–H groups in total. The largest absolute Gasteiger partial charge is 0.417 e. The van der Waals surface area contributed by atoms with Gasteiger partial charge < -0.3 is 29.7 Å². The number of ether oxygens (including phenoxy) is 1. The maximum absolute atomic E-state index is 13.7. The number of pyridine rings is 1. The first-order valence-electron chi connectivity index (χ1n) is 14.5. The summed E-state index contributed by atoms with van der Waals surface area (Å²) in [7, 11) is 5.49. The standard InChI is InChI=1S/C31H38F3N7O3/c1-21-17-24(31(32,33)34)23(18-35)29(36-21)37-25-12-15-40(27-10-6-5-9-26(27)39(4)30(25)43)14-8-16-44-22-19-41(20-22)28(42)11-7-13-38(2)3/h5-7,9-11,17,22,25H,8,12-16,19-20H2,1-4H3,(H,36,37). The lowest BCUT2D eigenvalue weighted by atomic mass is 10.0. The van der Waals surface area contributed by atoms with Gasteiger partial charge in [0.05, 0.1) is 23.0 Å². The van der Waals surface area contributed by atoms with Gasteiger partial charge >= 0.3 is 6.18 Å². The fraction of sp³-hybridized carbons (Fsp3) is 0.484. The number of nitrogens with zero attached hydrogens (tertiary/aromatic N) is 6. The molecule has 1 saturated heterocycles. The van der Waals surface area contributed by atoms with E-state index in [1.54, 1.807) is 24.1 Å². The molecule has 10 nitrogen and oxygen atoms in total. The van der Waals surface area contributed by atoms with Crippen molar-refractivity contribution in [2.24, 2.45) is 0 Å². The van der Waals surface area contributed by atoms with E-state index in [1.165, 1.54) is 11.8 Å². The molecule has 44 heavy (non-hydrogen) atoms. The molecule has 13 heteroatoms. The molecule has 0 aliphatic carbocycles. The topological polar surface area (TPSA) is 105 Å². The van der Waals surface area contributed by atoms with Crippen LogP contribution in [0.3, 0.4) is 0 Å². The Bertz CT molecular complexity index is 1420. The number of aromatic nitrogens is 1. The molecule has 1 atom stereocenters. The predicted molar refractivity (Wildman–Crippen MR) is 161 cm³/mol. The van der Waals surface area contributed by atoms with Gasteiger partial charge in [0.15, 0.2) is 0 Å². The van der Waals surface area contributed by atoms with Gasteiger partial charge in [-0.15, -0.1) is 0 Å². The zero-order chi connectivity index (χ0) is 32.0. The van der Waals surface area contributed by atoms with E-state index in [2.05, 4.69) is 15.2 Å². The number of hydrogen-bond donors (Lipinski definition) is 1. The summed E-state index contributed by atoms with van der Waals surface area (Å²) in [5.74, 6) is -0.633. The number of fused-ring (bicyclic) bond motifs is 1. The van der Waals surface area contributed by atoms with Crippen molar-refractivity contribution in [3.63, 3.8) is 0 Å². The first kappa shape index (κ1) is 32.8. The Morgan fingerprint density at radius 2 is 1.95 bits per heavy atom. The molecule has 2 aliphatic rings. The van der Waals surface area contributed by atoms with Gasteiger partial charge in [0.25, 0.3) is 0 Å². The van der Waals surface area contributed by atoms with Crippen LogP contribution in [-0.2, 0) is 20.5 Å². The van der Waals surface area contributed by atoms with Crippen LogP contribution >= 0.6 is 0 Å². The molecule has 1 aromatic carbocycles. The third-order valence-electron chi connectivity index (χ3n) is 7.59. The first-order chi connectivity index (χ1) is 20.9. The summed E-state index contributed by atoms with van der Waals surface area (Å²) in [5, 5.41) is 12.4. The Labute approximate surface area is 255 Å². The zero-order valence-corrected chi connectivity index (χ0v) is 25.4.